The van der Waals surface area contributed by atoms with Crippen molar-refractivity contribution in [3.05, 3.63) is 10.6 Å². The predicted molar refractivity (Wildman–Crippen MR) is 70.2 cm³/mol. The summed E-state index contributed by atoms with van der Waals surface area (Å²) in [6.45, 7) is 8.03. The van der Waals surface area contributed by atoms with E-state index in [0.29, 0.717) is 6.42 Å². The fourth-order valence-corrected chi connectivity index (χ4v) is 2.82. The lowest BCUT2D eigenvalue weighted by molar-refractivity contribution is -0.117. The number of carbonyl (C=O) groups is 1. The van der Waals surface area contributed by atoms with Gasteiger partial charge in [-0.2, -0.15) is 0 Å². The van der Waals surface area contributed by atoms with Gasteiger partial charge in [-0.3, -0.25) is 4.79 Å². The molecule has 17 heavy (non-hydrogen) atoms. The molecule has 0 unspecified atom stereocenters. The highest BCUT2D eigenvalue weighted by Gasteiger charge is 2.19. The van der Waals surface area contributed by atoms with Crippen molar-refractivity contribution in [1.82, 2.24) is 10.3 Å². The number of hydrogen-bond acceptors (Lipinski definition) is 4. The second kappa shape index (κ2) is 4.74. The van der Waals surface area contributed by atoms with Gasteiger partial charge in [0.25, 0.3) is 0 Å². The van der Waals surface area contributed by atoms with Gasteiger partial charge in [0.15, 0.2) is 5.13 Å². The maximum Gasteiger partial charge on any atom is 0.226 e. The van der Waals surface area contributed by atoms with Crippen LogP contribution >= 0.6 is 11.3 Å². The minimum Gasteiger partial charge on any atom is -0.311 e. The highest BCUT2D eigenvalue weighted by atomic mass is 32.1. The van der Waals surface area contributed by atoms with Crippen molar-refractivity contribution in [1.29, 1.82) is 0 Å². The van der Waals surface area contributed by atoms with Crippen molar-refractivity contribution >= 4 is 22.4 Å². The van der Waals surface area contributed by atoms with Crippen LogP contribution in [0.15, 0.2) is 0 Å². The highest BCUT2D eigenvalue weighted by molar-refractivity contribution is 7.15. The van der Waals surface area contributed by atoms with Crippen LogP contribution in [0, 0.1) is 5.41 Å². The lowest BCUT2D eigenvalue weighted by Gasteiger charge is -2.16. The molecule has 2 N–H and O–H groups in total. The number of carbonyl (C=O) groups excluding carboxylic acids is 1. The Morgan fingerprint density at radius 3 is 2.94 bits per heavy atom. The molecule has 0 aliphatic carbocycles. The third-order valence-corrected chi connectivity index (χ3v) is 3.55. The first-order chi connectivity index (χ1) is 7.94. The number of hydrogen-bond donors (Lipinski definition) is 2. The summed E-state index contributed by atoms with van der Waals surface area (Å²) in [5.41, 5.74) is 1.16. The zero-order valence-electron chi connectivity index (χ0n) is 10.6. The lowest BCUT2D eigenvalue weighted by atomic mass is 9.92. The van der Waals surface area contributed by atoms with E-state index in [9.17, 15) is 4.79 Å². The van der Waals surface area contributed by atoms with Crippen molar-refractivity contribution in [3.8, 4) is 0 Å². The molecule has 1 aliphatic rings. The normalized spacial score (nSPS) is 15.5. The predicted octanol–water partition coefficient (Wildman–Crippen LogP) is 2.16. The van der Waals surface area contributed by atoms with Crippen molar-refractivity contribution in [3.63, 3.8) is 0 Å². The molecule has 4 nitrogen and oxygen atoms in total. The van der Waals surface area contributed by atoms with E-state index in [1.807, 2.05) is 0 Å². The molecule has 1 aliphatic heterocycles. The molecule has 0 fully saturated rings. The molecular formula is C12H19N3OS. The molecule has 1 aromatic rings. The Kier molecular flexibility index (Phi) is 3.49. The maximum atomic E-state index is 11.8. The van der Waals surface area contributed by atoms with Crippen LogP contribution in [0.5, 0.6) is 0 Å². The average molecular weight is 253 g/mol. The quantitative estimate of drug-likeness (QED) is 0.849. The average Bonchev–Trinajstić information content (AvgIpc) is 2.55. The van der Waals surface area contributed by atoms with E-state index >= 15 is 0 Å². The summed E-state index contributed by atoms with van der Waals surface area (Å²) in [5.74, 6) is 0.0524. The summed E-state index contributed by atoms with van der Waals surface area (Å²) in [4.78, 5) is 17.5. The minimum absolute atomic E-state index is 0.0164. The number of nitrogens with one attached hydrogen (secondary N) is 2. The lowest BCUT2D eigenvalue weighted by Crippen LogP contribution is -2.22. The van der Waals surface area contributed by atoms with E-state index in [-0.39, 0.29) is 11.3 Å². The molecule has 94 valence electrons. The zero-order chi connectivity index (χ0) is 12.5. The summed E-state index contributed by atoms with van der Waals surface area (Å²) in [5, 5.41) is 6.94. The first-order valence-electron chi connectivity index (χ1n) is 5.93. The van der Waals surface area contributed by atoms with E-state index in [1.165, 1.54) is 4.88 Å². The summed E-state index contributed by atoms with van der Waals surface area (Å²) in [6, 6.07) is 0. The van der Waals surface area contributed by atoms with Crippen LogP contribution in [0.3, 0.4) is 0 Å². The molecule has 2 rings (SSSR count). The summed E-state index contributed by atoms with van der Waals surface area (Å²) < 4.78 is 0. The minimum atomic E-state index is 0.0164. The Hall–Kier alpha value is -0.940. The zero-order valence-corrected chi connectivity index (χ0v) is 11.4. The molecule has 0 radical (unpaired) electrons. The maximum absolute atomic E-state index is 11.8. The fourth-order valence-electron chi connectivity index (χ4n) is 1.82. The topological polar surface area (TPSA) is 54.0 Å². The fraction of sp³-hybridized carbons (Fsp3) is 0.667. The van der Waals surface area contributed by atoms with E-state index in [4.69, 9.17) is 0 Å². The third kappa shape index (κ3) is 3.51. The van der Waals surface area contributed by atoms with E-state index in [1.54, 1.807) is 11.3 Å². The van der Waals surface area contributed by atoms with Gasteiger partial charge in [-0.1, -0.05) is 20.8 Å². The third-order valence-electron chi connectivity index (χ3n) is 2.54. The van der Waals surface area contributed by atoms with Crippen LogP contribution in [0.2, 0.25) is 0 Å². The number of amides is 1. The van der Waals surface area contributed by atoms with Crippen LogP contribution in [0.4, 0.5) is 5.13 Å². The van der Waals surface area contributed by atoms with Crippen molar-refractivity contribution in [2.24, 2.45) is 5.41 Å². The SMILES string of the molecule is CC(C)(C)CC(=O)Nc1nc2c(s1)CNCC2. The molecule has 0 aromatic carbocycles. The number of rotatable bonds is 2. The molecule has 0 saturated heterocycles. The molecule has 0 bridgehead atoms. The number of aromatic nitrogens is 1. The molecule has 0 saturated carbocycles. The van der Waals surface area contributed by atoms with E-state index < -0.39 is 0 Å². The van der Waals surface area contributed by atoms with Gasteiger partial charge < -0.3 is 10.6 Å². The van der Waals surface area contributed by atoms with Gasteiger partial charge >= 0.3 is 0 Å². The van der Waals surface area contributed by atoms with Crippen LogP contribution in [-0.2, 0) is 17.8 Å². The van der Waals surface area contributed by atoms with Gasteiger partial charge in [-0.05, 0) is 5.41 Å². The van der Waals surface area contributed by atoms with Crippen LogP contribution in [-0.4, -0.2) is 17.4 Å². The monoisotopic (exact) mass is 253 g/mol. The number of thiazole rings is 1. The molecule has 2 heterocycles. The van der Waals surface area contributed by atoms with E-state index in [2.05, 4.69) is 36.4 Å². The molecule has 1 amide bonds. The number of fused-ring (bicyclic) bond motifs is 1. The summed E-state index contributed by atoms with van der Waals surface area (Å²) in [7, 11) is 0. The van der Waals surface area contributed by atoms with Crippen LogP contribution in [0.1, 0.15) is 37.8 Å². The Labute approximate surface area is 106 Å². The second-order valence-electron chi connectivity index (χ2n) is 5.60. The van der Waals surface area contributed by atoms with Crippen molar-refractivity contribution < 1.29 is 4.79 Å². The molecule has 5 heteroatoms. The Bertz CT molecular complexity index is 396. The second-order valence-corrected chi connectivity index (χ2v) is 6.68. The van der Waals surface area contributed by atoms with Gasteiger partial charge in [0.2, 0.25) is 5.91 Å². The molecular weight excluding hydrogens is 234 g/mol. The van der Waals surface area contributed by atoms with Crippen LogP contribution < -0.4 is 10.6 Å². The first-order valence-corrected chi connectivity index (χ1v) is 6.75. The highest BCUT2D eigenvalue weighted by Crippen LogP contribution is 2.26. The Morgan fingerprint density at radius 1 is 1.53 bits per heavy atom. The molecule has 0 spiro atoms. The van der Waals surface area contributed by atoms with Crippen molar-refractivity contribution in [2.45, 2.75) is 40.2 Å². The van der Waals surface area contributed by atoms with Gasteiger partial charge in [0.1, 0.15) is 0 Å². The van der Waals surface area contributed by atoms with Crippen LogP contribution in [0.25, 0.3) is 0 Å². The summed E-state index contributed by atoms with van der Waals surface area (Å²) >= 11 is 1.58. The Morgan fingerprint density at radius 2 is 2.29 bits per heavy atom. The smallest absolute Gasteiger partial charge is 0.226 e. The van der Waals surface area contributed by atoms with Crippen molar-refractivity contribution in [2.75, 3.05) is 11.9 Å². The molecule has 1 aromatic heterocycles. The number of nitrogens with zero attached hydrogens (tertiary/aromatic N) is 1. The Balaban J connectivity index is 1.99. The van der Waals surface area contributed by atoms with E-state index in [0.717, 1.165) is 30.3 Å². The summed E-state index contributed by atoms with van der Waals surface area (Å²) in [6.07, 6.45) is 1.48. The largest absolute Gasteiger partial charge is 0.311 e. The van der Waals surface area contributed by atoms with Gasteiger partial charge in [-0.25, -0.2) is 4.98 Å². The van der Waals surface area contributed by atoms with Gasteiger partial charge in [-0.15, -0.1) is 11.3 Å². The first kappa shape index (κ1) is 12.5. The standard InChI is InChI=1S/C12H19N3OS/c1-12(2,3)6-10(16)15-11-14-8-4-5-13-7-9(8)17-11/h13H,4-7H2,1-3H3,(H,14,15,16). The van der Waals surface area contributed by atoms with Gasteiger partial charge in [0, 0.05) is 30.8 Å². The molecule has 0 atom stereocenters. The number of anilines is 1. The van der Waals surface area contributed by atoms with Gasteiger partial charge in [0.05, 0.1) is 5.69 Å².